The highest BCUT2D eigenvalue weighted by molar-refractivity contribution is 5.93. The minimum absolute atomic E-state index is 0.358. The summed E-state index contributed by atoms with van der Waals surface area (Å²) in [4.78, 5) is 11.7. The maximum Gasteiger partial charge on any atom is 0.142 e. The van der Waals surface area contributed by atoms with Crippen LogP contribution in [0, 0.1) is 0 Å². The molecule has 0 aliphatic heterocycles. The number of rotatable bonds is 2. The van der Waals surface area contributed by atoms with Gasteiger partial charge in [-0.05, 0) is 18.2 Å². The van der Waals surface area contributed by atoms with Gasteiger partial charge < -0.3 is 10.7 Å². The Hall–Kier alpha value is -2.20. The maximum absolute atomic E-state index is 5.56. The molecule has 0 saturated heterocycles. The minimum atomic E-state index is 0.358. The molecule has 4 nitrogen and oxygen atoms in total. The highest BCUT2D eigenvalue weighted by Crippen LogP contribution is 2.26. The summed E-state index contributed by atoms with van der Waals surface area (Å²) < 4.78 is 0. The monoisotopic (exact) mass is 224 g/mol. The molecular weight excluding hydrogens is 212 g/mol. The summed E-state index contributed by atoms with van der Waals surface area (Å²) in [6, 6.07) is 10.1. The molecule has 1 aromatic carbocycles. The van der Waals surface area contributed by atoms with Crippen molar-refractivity contribution in [3.8, 4) is 11.3 Å². The van der Waals surface area contributed by atoms with Gasteiger partial charge in [0.2, 0.25) is 0 Å². The summed E-state index contributed by atoms with van der Waals surface area (Å²) in [5.74, 6) is 0.662. The fourth-order valence-corrected chi connectivity index (χ4v) is 1.96. The molecule has 3 N–H and O–H groups in total. The third-order valence-electron chi connectivity index (χ3n) is 2.76. The van der Waals surface area contributed by atoms with Gasteiger partial charge in [0, 0.05) is 28.9 Å². The van der Waals surface area contributed by atoms with Crippen LogP contribution in [0.3, 0.4) is 0 Å². The van der Waals surface area contributed by atoms with E-state index in [2.05, 4.69) is 27.1 Å². The van der Waals surface area contributed by atoms with Crippen LogP contribution in [0.2, 0.25) is 0 Å². The molecule has 0 fully saturated rings. The number of aromatic amines is 1. The van der Waals surface area contributed by atoms with Gasteiger partial charge in [-0.1, -0.05) is 12.1 Å². The molecule has 0 amide bonds. The van der Waals surface area contributed by atoms with Crippen molar-refractivity contribution in [2.45, 2.75) is 6.54 Å². The summed E-state index contributed by atoms with van der Waals surface area (Å²) in [7, 11) is 0. The maximum atomic E-state index is 5.56. The van der Waals surface area contributed by atoms with E-state index in [1.807, 2.05) is 24.4 Å². The molecule has 0 radical (unpaired) electrons. The van der Waals surface area contributed by atoms with Crippen LogP contribution in [0.5, 0.6) is 0 Å². The Morgan fingerprint density at radius 1 is 1.18 bits per heavy atom. The SMILES string of the molecule is NCc1nccc(-c2cccc3[nH]ccc23)n1. The zero-order chi connectivity index (χ0) is 11.7. The summed E-state index contributed by atoms with van der Waals surface area (Å²) >= 11 is 0. The lowest BCUT2D eigenvalue weighted by Gasteiger charge is -2.04. The molecule has 0 aliphatic rings. The van der Waals surface area contributed by atoms with E-state index in [0.717, 1.165) is 22.2 Å². The summed E-state index contributed by atoms with van der Waals surface area (Å²) in [6.07, 6.45) is 3.68. The van der Waals surface area contributed by atoms with Gasteiger partial charge in [0.25, 0.3) is 0 Å². The number of hydrogen-bond acceptors (Lipinski definition) is 3. The Morgan fingerprint density at radius 3 is 3.00 bits per heavy atom. The van der Waals surface area contributed by atoms with Crippen molar-refractivity contribution in [1.82, 2.24) is 15.0 Å². The second kappa shape index (κ2) is 3.99. The lowest BCUT2D eigenvalue weighted by Crippen LogP contribution is -2.03. The quantitative estimate of drug-likeness (QED) is 0.700. The van der Waals surface area contributed by atoms with Gasteiger partial charge in [-0.15, -0.1) is 0 Å². The number of nitrogens with two attached hydrogens (primary N) is 1. The van der Waals surface area contributed by atoms with Crippen LogP contribution in [-0.2, 0) is 6.54 Å². The zero-order valence-electron chi connectivity index (χ0n) is 9.22. The fraction of sp³-hybridized carbons (Fsp3) is 0.0769. The normalized spacial score (nSPS) is 10.9. The van der Waals surface area contributed by atoms with Gasteiger partial charge in [-0.3, -0.25) is 0 Å². The van der Waals surface area contributed by atoms with Crippen LogP contribution in [0.4, 0.5) is 0 Å². The summed E-state index contributed by atoms with van der Waals surface area (Å²) in [5, 5.41) is 1.16. The van der Waals surface area contributed by atoms with Crippen molar-refractivity contribution in [2.24, 2.45) is 5.73 Å². The average Bonchev–Trinajstić information content (AvgIpc) is 2.87. The molecule has 0 unspecified atom stereocenters. The largest absolute Gasteiger partial charge is 0.361 e. The molecule has 0 atom stereocenters. The smallest absolute Gasteiger partial charge is 0.142 e. The zero-order valence-corrected chi connectivity index (χ0v) is 9.22. The molecule has 0 spiro atoms. The standard InChI is InChI=1S/C13H12N4/c14-8-13-16-7-5-12(17-13)9-2-1-3-11-10(9)4-6-15-11/h1-7,15H,8,14H2. The lowest BCUT2D eigenvalue weighted by atomic mass is 10.1. The van der Waals surface area contributed by atoms with E-state index in [1.165, 1.54) is 0 Å². The first-order chi connectivity index (χ1) is 8.38. The molecule has 4 heteroatoms. The Kier molecular flexibility index (Phi) is 2.34. The summed E-state index contributed by atoms with van der Waals surface area (Å²) in [5.41, 5.74) is 8.67. The van der Waals surface area contributed by atoms with E-state index in [4.69, 9.17) is 5.73 Å². The van der Waals surface area contributed by atoms with Gasteiger partial charge in [0.15, 0.2) is 0 Å². The number of hydrogen-bond donors (Lipinski definition) is 2. The van der Waals surface area contributed by atoms with Crippen LogP contribution in [0.1, 0.15) is 5.82 Å². The second-order valence-electron chi connectivity index (χ2n) is 3.81. The highest BCUT2D eigenvalue weighted by atomic mass is 14.9. The molecule has 3 rings (SSSR count). The second-order valence-corrected chi connectivity index (χ2v) is 3.81. The van der Waals surface area contributed by atoms with Gasteiger partial charge in [0.05, 0.1) is 12.2 Å². The predicted octanol–water partition coefficient (Wildman–Crippen LogP) is 2.08. The van der Waals surface area contributed by atoms with Crippen LogP contribution in [-0.4, -0.2) is 15.0 Å². The van der Waals surface area contributed by atoms with Crippen LogP contribution in [0.25, 0.3) is 22.2 Å². The molecule has 0 bridgehead atoms. The molecular formula is C13H12N4. The number of nitrogens with zero attached hydrogens (tertiary/aromatic N) is 2. The number of fused-ring (bicyclic) bond motifs is 1. The minimum Gasteiger partial charge on any atom is -0.361 e. The van der Waals surface area contributed by atoms with Crippen LogP contribution in [0.15, 0.2) is 42.7 Å². The van der Waals surface area contributed by atoms with E-state index in [9.17, 15) is 0 Å². The van der Waals surface area contributed by atoms with Gasteiger partial charge in [-0.2, -0.15) is 0 Å². The van der Waals surface area contributed by atoms with Gasteiger partial charge in [-0.25, -0.2) is 9.97 Å². The van der Waals surface area contributed by atoms with E-state index in [1.54, 1.807) is 6.20 Å². The Morgan fingerprint density at radius 2 is 2.12 bits per heavy atom. The van der Waals surface area contributed by atoms with E-state index in [0.29, 0.717) is 12.4 Å². The van der Waals surface area contributed by atoms with Crippen LogP contribution < -0.4 is 5.73 Å². The molecule has 3 aromatic rings. The van der Waals surface area contributed by atoms with Gasteiger partial charge in [0.1, 0.15) is 5.82 Å². The summed E-state index contributed by atoms with van der Waals surface area (Å²) in [6.45, 7) is 0.358. The average molecular weight is 224 g/mol. The third kappa shape index (κ3) is 1.68. The predicted molar refractivity (Wildman–Crippen MR) is 67.2 cm³/mol. The first-order valence-corrected chi connectivity index (χ1v) is 5.47. The molecule has 0 saturated carbocycles. The first kappa shape index (κ1) is 9.99. The van der Waals surface area contributed by atoms with Crippen molar-refractivity contribution in [3.63, 3.8) is 0 Å². The van der Waals surface area contributed by atoms with Crippen molar-refractivity contribution in [1.29, 1.82) is 0 Å². The molecule has 2 heterocycles. The topological polar surface area (TPSA) is 67.6 Å². The Balaban J connectivity index is 2.23. The highest BCUT2D eigenvalue weighted by Gasteiger charge is 2.06. The number of nitrogens with one attached hydrogen (secondary N) is 1. The van der Waals surface area contributed by atoms with E-state index in [-0.39, 0.29) is 0 Å². The molecule has 0 aliphatic carbocycles. The van der Waals surface area contributed by atoms with E-state index < -0.39 is 0 Å². The van der Waals surface area contributed by atoms with Crippen molar-refractivity contribution in [2.75, 3.05) is 0 Å². The molecule has 17 heavy (non-hydrogen) atoms. The molecule has 2 aromatic heterocycles. The fourth-order valence-electron chi connectivity index (χ4n) is 1.96. The van der Waals surface area contributed by atoms with E-state index >= 15 is 0 Å². The lowest BCUT2D eigenvalue weighted by molar-refractivity contribution is 0.912. The number of benzene rings is 1. The number of H-pyrrole nitrogens is 1. The van der Waals surface area contributed by atoms with Crippen LogP contribution >= 0.6 is 0 Å². The van der Waals surface area contributed by atoms with Crippen molar-refractivity contribution >= 4 is 10.9 Å². The number of aromatic nitrogens is 3. The molecule has 84 valence electrons. The first-order valence-electron chi connectivity index (χ1n) is 5.47. The Labute approximate surface area is 98.5 Å². The van der Waals surface area contributed by atoms with Gasteiger partial charge >= 0.3 is 0 Å². The van der Waals surface area contributed by atoms with Crippen molar-refractivity contribution in [3.05, 3.63) is 48.5 Å². The van der Waals surface area contributed by atoms with Crippen molar-refractivity contribution < 1.29 is 0 Å². The Bertz CT molecular complexity index is 657. The third-order valence-corrected chi connectivity index (χ3v) is 2.76.